The van der Waals surface area contributed by atoms with Gasteiger partial charge in [-0.05, 0) is 33.8 Å². The fourth-order valence-electron chi connectivity index (χ4n) is 2.22. The molecular formula is C16H28. The molecule has 0 aromatic carbocycles. The third-order valence-electron chi connectivity index (χ3n) is 4.29. The van der Waals surface area contributed by atoms with E-state index in [1.807, 2.05) is 0 Å². The largest absolute Gasteiger partial charge is 0.0767 e. The maximum atomic E-state index is 2.42. The third kappa shape index (κ3) is 2.26. The maximum Gasteiger partial charge on any atom is -0.00553 e. The summed E-state index contributed by atoms with van der Waals surface area (Å²) in [6, 6.07) is 0. The monoisotopic (exact) mass is 220 g/mol. The Morgan fingerprint density at radius 3 is 1.56 bits per heavy atom. The lowest BCUT2D eigenvalue weighted by atomic mass is 9.61. The van der Waals surface area contributed by atoms with E-state index in [-0.39, 0.29) is 10.8 Å². The summed E-state index contributed by atoms with van der Waals surface area (Å²) in [5.74, 6) is 0. The second-order valence-corrected chi connectivity index (χ2v) is 7.60. The molecule has 0 spiro atoms. The van der Waals surface area contributed by atoms with Gasteiger partial charge in [0.2, 0.25) is 0 Å². The zero-order valence-corrected chi connectivity index (χ0v) is 12.4. The Bertz CT molecular complexity index is 324. The number of hydrogen-bond acceptors (Lipinski definition) is 0. The van der Waals surface area contributed by atoms with Crippen molar-refractivity contribution >= 4 is 0 Å². The standard InChI is InChI=1S/C16H28/c1-14(2,3)12-10-9-11-13(12)16(7,8)15(4,5)6/h10-11H,9H2,1-8H3. The first-order chi connectivity index (χ1) is 6.98. The molecule has 0 radical (unpaired) electrons. The van der Waals surface area contributed by atoms with Gasteiger partial charge in [-0.15, -0.1) is 0 Å². The molecule has 0 fully saturated rings. The summed E-state index contributed by atoms with van der Waals surface area (Å²) in [7, 11) is 0. The lowest BCUT2D eigenvalue weighted by Crippen LogP contribution is -2.33. The first-order valence-electron chi connectivity index (χ1n) is 6.39. The van der Waals surface area contributed by atoms with E-state index in [1.165, 1.54) is 0 Å². The van der Waals surface area contributed by atoms with Crippen molar-refractivity contribution in [3.05, 3.63) is 23.3 Å². The molecule has 0 aromatic rings. The maximum absolute atomic E-state index is 2.42. The van der Waals surface area contributed by atoms with Gasteiger partial charge in [-0.1, -0.05) is 67.5 Å². The molecule has 0 heteroatoms. The highest BCUT2D eigenvalue weighted by molar-refractivity contribution is 5.45. The van der Waals surface area contributed by atoms with E-state index in [0.717, 1.165) is 6.42 Å². The van der Waals surface area contributed by atoms with Gasteiger partial charge >= 0.3 is 0 Å². The van der Waals surface area contributed by atoms with Gasteiger partial charge < -0.3 is 0 Å². The fraction of sp³-hybridized carbons (Fsp3) is 0.750. The van der Waals surface area contributed by atoms with E-state index in [4.69, 9.17) is 0 Å². The van der Waals surface area contributed by atoms with Gasteiger partial charge in [-0.2, -0.15) is 0 Å². The molecule has 0 N–H and O–H groups in total. The van der Waals surface area contributed by atoms with Crippen LogP contribution in [-0.4, -0.2) is 0 Å². The Labute approximate surface area is 102 Å². The molecule has 0 saturated carbocycles. The van der Waals surface area contributed by atoms with Crippen molar-refractivity contribution in [3.8, 4) is 0 Å². The minimum atomic E-state index is 0.239. The SMILES string of the molecule is CC(C)(C)C1=CCC=C1C(C)(C)C(C)(C)C. The van der Waals surface area contributed by atoms with Crippen LogP contribution in [0.1, 0.15) is 61.8 Å². The quantitative estimate of drug-likeness (QED) is 0.558. The molecule has 0 bridgehead atoms. The van der Waals surface area contributed by atoms with Crippen LogP contribution in [0.5, 0.6) is 0 Å². The fourth-order valence-corrected chi connectivity index (χ4v) is 2.22. The van der Waals surface area contributed by atoms with Crippen LogP contribution < -0.4 is 0 Å². The van der Waals surface area contributed by atoms with E-state index in [0.29, 0.717) is 5.41 Å². The van der Waals surface area contributed by atoms with Crippen molar-refractivity contribution in [3.63, 3.8) is 0 Å². The first-order valence-corrected chi connectivity index (χ1v) is 6.39. The lowest BCUT2D eigenvalue weighted by molar-refractivity contribution is 0.176. The van der Waals surface area contributed by atoms with Crippen molar-refractivity contribution in [1.29, 1.82) is 0 Å². The first kappa shape index (κ1) is 13.5. The highest BCUT2D eigenvalue weighted by atomic mass is 14.4. The minimum absolute atomic E-state index is 0.239. The Balaban J connectivity index is 3.13. The van der Waals surface area contributed by atoms with Gasteiger partial charge in [0.15, 0.2) is 0 Å². The smallest absolute Gasteiger partial charge is 0.00553 e. The molecule has 0 aliphatic heterocycles. The van der Waals surface area contributed by atoms with Gasteiger partial charge in [0.05, 0.1) is 0 Å². The molecule has 0 amide bonds. The zero-order valence-electron chi connectivity index (χ0n) is 12.4. The summed E-state index contributed by atoms with van der Waals surface area (Å²) in [6.45, 7) is 18.7. The average molecular weight is 220 g/mol. The topological polar surface area (TPSA) is 0 Å². The van der Waals surface area contributed by atoms with E-state index in [9.17, 15) is 0 Å². The van der Waals surface area contributed by atoms with Gasteiger partial charge in [0.1, 0.15) is 0 Å². The number of rotatable bonds is 1. The summed E-state index contributed by atoms with van der Waals surface area (Å²) in [5, 5.41) is 0. The molecule has 1 rings (SSSR count). The Morgan fingerprint density at radius 2 is 1.19 bits per heavy atom. The van der Waals surface area contributed by atoms with Gasteiger partial charge in [-0.3, -0.25) is 0 Å². The van der Waals surface area contributed by atoms with Crippen LogP contribution in [0.25, 0.3) is 0 Å². The predicted octanol–water partition coefficient (Wildman–Crippen LogP) is 5.36. The van der Waals surface area contributed by atoms with E-state index >= 15 is 0 Å². The van der Waals surface area contributed by atoms with Gasteiger partial charge in [-0.25, -0.2) is 0 Å². The minimum Gasteiger partial charge on any atom is -0.0767 e. The Hall–Kier alpha value is -0.520. The van der Waals surface area contributed by atoms with Crippen molar-refractivity contribution in [2.24, 2.45) is 16.2 Å². The summed E-state index contributed by atoms with van der Waals surface area (Å²) < 4.78 is 0. The Kier molecular flexibility index (Phi) is 3.18. The van der Waals surface area contributed by atoms with E-state index in [1.54, 1.807) is 11.1 Å². The van der Waals surface area contributed by atoms with Crippen molar-refractivity contribution in [1.82, 2.24) is 0 Å². The predicted molar refractivity (Wildman–Crippen MR) is 73.5 cm³/mol. The Morgan fingerprint density at radius 1 is 0.750 bits per heavy atom. The van der Waals surface area contributed by atoms with Crippen molar-refractivity contribution < 1.29 is 0 Å². The molecule has 1 aliphatic carbocycles. The molecule has 92 valence electrons. The van der Waals surface area contributed by atoms with Crippen LogP contribution >= 0.6 is 0 Å². The zero-order chi connectivity index (χ0) is 12.8. The normalized spacial score (nSPS) is 18.5. The molecule has 0 atom stereocenters. The highest BCUT2D eigenvalue weighted by Gasteiger charge is 2.40. The second kappa shape index (κ2) is 3.75. The summed E-state index contributed by atoms with van der Waals surface area (Å²) in [6.07, 6.45) is 5.94. The molecule has 0 saturated heterocycles. The molecule has 0 aromatic heterocycles. The molecular weight excluding hydrogens is 192 g/mol. The molecule has 0 unspecified atom stereocenters. The summed E-state index contributed by atoms with van der Waals surface area (Å²) in [5.41, 5.74) is 3.92. The van der Waals surface area contributed by atoms with Gasteiger partial charge in [0.25, 0.3) is 0 Å². The number of allylic oxidation sites excluding steroid dienone is 4. The van der Waals surface area contributed by atoms with Crippen LogP contribution in [-0.2, 0) is 0 Å². The van der Waals surface area contributed by atoms with E-state index in [2.05, 4.69) is 67.5 Å². The van der Waals surface area contributed by atoms with Crippen LogP contribution in [0.3, 0.4) is 0 Å². The van der Waals surface area contributed by atoms with Crippen LogP contribution in [0.15, 0.2) is 23.3 Å². The molecule has 1 aliphatic rings. The average Bonchev–Trinajstić information content (AvgIpc) is 2.47. The molecule has 0 nitrogen and oxygen atoms in total. The molecule has 0 heterocycles. The van der Waals surface area contributed by atoms with Crippen LogP contribution in [0.2, 0.25) is 0 Å². The second-order valence-electron chi connectivity index (χ2n) is 7.60. The van der Waals surface area contributed by atoms with Crippen LogP contribution in [0.4, 0.5) is 0 Å². The lowest BCUT2D eigenvalue weighted by Gasteiger charge is -2.43. The summed E-state index contributed by atoms with van der Waals surface area (Å²) >= 11 is 0. The number of hydrogen-bond donors (Lipinski definition) is 0. The third-order valence-corrected chi connectivity index (χ3v) is 4.29. The molecule has 16 heavy (non-hydrogen) atoms. The van der Waals surface area contributed by atoms with Crippen LogP contribution in [0, 0.1) is 16.2 Å². The van der Waals surface area contributed by atoms with Crippen molar-refractivity contribution in [2.75, 3.05) is 0 Å². The van der Waals surface area contributed by atoms with E-state index < -0.39 is 0 Å². The van der Waals surface area contributed by atoms with Crippen molar-refractivity contribution in [2.45, 2.75) is 61.8 Å². The summed E-state index contributed by atoms with van der Waals surface area (Å²) in [4.78, 5) is 0. The highest BCUT2D eigenvalue weighted by Crippen LogP contribution is 2.51. The van der Waals surface area contributed by atoms with Gasteiger partial charge in [0, 0.05) is 0 Å².